The Labute approximate surface area is 80.6 Å². The summed E-state index contributed by atoms with van der Waals surface area (Å²) in [5, 5.41) is 0. The fourth-order valence-corrected chi connectivity index (χ4v) is 1.29. The Bertz CT molecular complexity index is 303. The van der Waals surface area contributed by atoms with Gasteiger partial charge in [0.25, 0.3) is 0 Å². The topological polar surface area (TPSA) is 30.0 Å². The minimum absolute atomic E-state index is 0.0543. The second-order valence-corrected chi connectivity index (χ2v) is 3.54. The summed E-state index contributed by atoms with van der Waals surface area (Å²) in [6, 6.07) is 1.22. The molecule has 0 radical (unpaired) electrons. The van der Waals surface area contributed by atoms with E-state index in [1.54, 1.807) is 11.8 Å². The van der Waals surface area contributed by atoms with Crippen LogP contribution < -0.4 is 0 Å². The lowest BCUT2D eigenvalue weighted by Crippen LogP contribution is -2.01. The van der Waals surface area contributed by atoms with Gasteiger partial charge in [0.15, 0.2) is 5.78 Å². The van der Waals surface area contributed by atoms with Crippen molar-refractivity contribution in [3.05, 3.63) is 29.8 Å². The smallest absolute Gasteiger partial charge is 0.165 e. The van der Waals surface area contributed by atoms with Crippen LogP contribution in [0.1, 0.15) is 16.8 Å². The third kappa shape index (κ3) is 3.14. The number of rotatable bonds is 4. The largest absolute Gasteiger partial charge is 0.294 e. The highest BCUT2D eigenvalue weighted by Crippen LogP contribution is 2.06. The monoisotopic (exact) mass is 199 g/mol. The Balaban J connectivity index is 2.66. The van der Waals surface area contributed by atoms with Crippen molar-refractivity contribution < 1.29 is 9.18 Å². The number of hydrogen-bond donors (Lipinski definition) is 0. The van der Waals surface area contributed by atoms with Crippen LogP contribution in [0.25, 0.3) is 0 Å². The maximum Gasteiger partial charge on any atom is 0.165 e. The molecule has 0 aliphatic carbocycles. The molecule has 0 fully saturated rings. The number of hydrogen-bond acceptors (Lipinski definition) is 3. The average molecular weight is 199 g/mol. The van der Waals surface area contributed by atoms with E-state index in [1.165, 1.54) is 12.3 Å². The zero-order chi connectivity index (χ0) is 9.68. The van der Waals surface area contributed by atoms with Gasteiger partial charge in [-0.15, -0.1) is 0 Å². The maximum atomic E-state index is 12.6. The van der Waals surface area contributed by atoms with Crippen LogP contribution in [0.15, 0.2) is 18.5 Å². The van der Waals surface area contributed by atoms with Crippen molar-refractivity contribution in [2.45, 2.75) is 6.42 Å². The van der Waals surface area contributed by atoms with Crippen molar-refractivity contribution in [1.82, 2.24) is 4.98 Å². The van der Waals surface area contributed by atoms with Crippen LogP contribution in [-0.2, 0) is 0 Å². The van der Waals surface area contributed by atoms with Gasteiger partial charge in [-0.05, 0) is 12.3 Å². The Hall–Kier alpha value is -0.900. The molecule has 0 saturated carbocycles. The van der Waals surface area contributed by atoms with Crippen LogP contribution in [0, 0.1) is 5.82 Å². The number of nitrogens with zero attached hydrogens (tertiary/aromatic N) is 1. The van der Waals surface area contributed by atoms with E-state index in [0.29, 0.717) is 12.0 Å². The lowest BCUT2D eigenvalue weighted by atomic mass is 10.1. The van der Waals surface area contributed by atoms with Crippen LogP contribution >= 0.6 is 11.8 Å². The van der Waals surface area contributed by atoms with E-state index in [0.717, 1.165) is 11.9 Å². The summed E-state index contributed by atoms with van der Waals surface area (Å²) in [4.78, 5) is 14.9. The Morgan fingerprint density at radius 3 is 3.00 bits per heavy atom. The van der Waals surface area contributed by atoms with E-state index in [2.05, 4.69) is 4.98 Å². The standard InChI is InChI=1S/C9H10FNOS/c1-13-3-2-9(12)7-4-8(10)6-11-5-7/h4-6H,2-3H2,1H3. The SMILES string of the molecule is CSCCC(=O)c1cncc(F)c1. The summed E-state index contributed by atoms with van der Waals surface area (Å²) < 4.78 is 12.6. The summed E-state index contributed by atoms with van der Waals surface area (Å²) in [6.07, 6.45) is 4.85. The predicted octanol–water partition coefficient (Wildman–Crippen LogP) is 2.16. The number of aromatic nitrogens is 1. The minimum atomic E-state index is -0.463. The van der Waals surface area contributed by atoms with Gasteiger partial charge in [-0.2, -0.15) is 11.8 Å². The molecule has 1 aromatic rings. The van der Waals surface area contributed by atoms with Crippen LogP contribution in [0.2, 0.25) is 0 Å². The number of pyridine rings is 1. The molecule has 13 heavy (non-hydrogen) atoms. The number of halogens is 1. The van der Waals surface area contributed by atoms with Crippen LogP contribution in [0.4, 0.5) is 4.39 Å². The Morgan fingerprint density at radius 2 is 2.38 bits per heavy atom. The normalized spacial score (nSPS) is 10.0. The first-order valence-corrected chi connectivity index (χ1v) is 5.26. The highest BCUT2D eigenvalue weighted by Gasteiger charge is 2.05. The van der Waals surface area contributed by atoms with Gasteiger partial charge in [-0.1, -0.05) is 0 Å². The van der Waals surface area contributed by atoms with Crippen molar-refractivity contribution >= 4 is 17.5 Å². The van der Waals surface area contributed by atoms with Crippen molar-refractivity contribution in [3.8, 4) is 0 Å². The third-order valence-electron chi connectivity index (χ3n) is 1.56. The molecule has 0 aromatic carbocycles. The van der Waals surface area contributed by atoms with E-state index in [9.17, 15) is 9.18 Å². The molecule has 1 rings (SSSR count). The highest BCUT2D eigenvalue weighted by atomic mass is 32.2. The van der Waals surface area contributed by atoms with Gasteiger partial charge < -0.3 is 0 Å². The summed E-state index contributed by atoms with van der Waals surface area (Å²) in [5.41, 5.74) is 0.356. The first kappa shape index (κ1) is 10.2. The van der Waals surface area contributed by atoms with Crippen molar-refractivity contribution in [1.29, 1.82) is 0 Å². The summed E-state index contributed by atoms with van der Waals surface area (Å²) >= 11 is 1.59. The first-order chi connectivity index (χ1) is 6.24. The zero-order valence-electron chi connectivity index (χ0n) is 7.29. The second kappa shape index (κ2) is 4.97. The molecule has 2 nitrogen and oxygen atoms in total. The fraction of sp³-hybridized carbons (Fsp3) is 0.333. The summed E-state index contributed by atoms with van der Waals surface area (Å²) in [6.45, 7) is 0. The molecular weight excluding hydrogens is 189 g/mol. The fourth-order valence-electron chi connectivity index (χ4n) is 0.903. The molecule has 0 amide bonds. The van der Waals surface area contributed by atoms with Gasteiger partial charge in [0.1, 0.15) is 5.82 Å². The molecule has 0 aliphatic rings. The molecule has 0 aliphatic heterocycles. The maximum absolute atomic E-state index is 12.6. The molecule has 4 heteroatoms. The van der Waals surface area contributed by atoms with Gasteiger partial charge in [0, 0.05) is 23.9 Å². The van der Waals surface area contributed by atoms with Crippen molar-refractivity contribution in [2.24, 2.45) is 0 Å². The molecule has 0 saturated heterocycles. The quantitative estimate of drug-likeness (QED) is 0.696. The summed E-state index contributed by atoms with van der Waals surface area (Å²) in [7, 11) is 0. The molecule has 70 valence electrons. The van der Waals surface area contributed by atoms with Crippen LogP contribution in [0.3, 0.4) is 0 Å². The Morgan fingerprint density at radius 1 is 1.62 bits per heavy atom. The molecule has 0 bridgehead atoms. The molecule has 1 heterocycles. The van der Waals surface area contributed by atoms with E-state index in [-0.39, 0.29) is 5.78 Å². The van der Waals surface area contributed by atoms with Crippen LogP contribution in [0.5, 0.6) is 0 Å². The van der Waals surface area contributed by atoms with Gasteiger partial charge in [0.2, 0.25) is 0 Å². The predicted molar refractivity (Wildman–Crippen MR) is 51.5 cm³/mol. The molecule has 0 N–H and O–H groups in total. The second-order valence-electron chi connectivity index (χ2n) is 2.56. The Kier molecular flexibility index (Phi) is 3.89. The van der Waals surface area contributed by atoms with Crippen molar-refractivity contribution in [2.75, 3.05) is 12.0 Å². The van der Waals surface area contributed by atoms with Gasteiger partial charge in [-0.25, -0.2) is 4.39 Å². The zero-order valence-corrected chi connectivity index (χ0v) is 8.10. The lowest BCUT2D eigenvalue weighted by Gasteiger charge is -1.98. The molecule has 0 atom stereocenters. The van der Waals surface area contributed by atoms with Crippen molar-refractivity contribution in [3.63, 3.8) is 0 Å². The molecular formula is C9H10FNOS. The number of thioether (sulfide) groups is 1. The van der Waals surface area contributed by atoms with Gasteiger partial charge in [-0.3, -0.25) is 9.78 Å². The minimum Gasteiger partial charge on any atom is -0.294 e. The number of Topliss-reactive ketones (excluding diaryl/α,β-unsaturated/α-hetero) is 1. The van der Waals surface area contributed by atoms with E-state index in [1.807, 2.05) is 6.26 Å². The van der Waals surface area contributed by atoms with Gasteiger partial charge in [0.05, 0.1) is 6.20 Å². The summed E-state index contributed by atoms with van der Waals surface area (Å²) in [5.74, 6) is 0.242. The van der Waals surface area contributed by atoms with Gasteiger partial charge >= 0.3 is 0 Å². The number of carbonyl (C=O) groups excluding carboxylic acids is 1. The average Bonchev–Trinajstić information content (AvgIpc) is 2.14. The third-order valence-corrected chi connectivity index (χ3v) is 2.17. The molecule has 0 unspecified atom stereocenters. The highest BCUT2D eigenvalue weighted by molar-refractivity contribution is 7.98. The van der Waals surface area contributed by atoms with E-state index in [4.69, 9.17) is 0 Å². The lowest BCUT2D eigenvalue weighted by molar-refractivity contribution is 0.0988. The van der Waals surface area contributed by atoms with E-state index >= 15 is 0 Å². The van der Waals surface area contributed by atoms with E-state index < -0.39 is 5.82 Å². The van der Waals surface area contributed by atoms with Crippen LogP contribution in [-0.4, -0.2) is 22.8 Å². The molecule has 1 aromatic heterocycles. The molecule has 0 spiro atoms. The first-order valence-electron chi connectivity index (χ1n) is 3.86. The number of ketones is 1. The number of carbonyl (C=O) groups is 1.